The molecule has 0 bridgehead atoms. The average Bonchev–Trinajstić information content (AvgIpc) is 2.18. The van der Waals surface area contributed by atoms with Gasteiger partial charge in [-0.05, 0) is 19.8 Å². The molecule has 14 heavy (non-hydrogen) atoms. The lowest BCUT2D eigenvalue weighted by atomic mass is 10.1. The average molecular weight is 201 g/mol. The Balaban J connectivity index is 3.06. The van der Waals surface area contributed by atoms with Crippen molar-refractivity contribution in [3.05, 3.63) is 0 Å². The Kier molecular flexibility index (Phi) is 10.9. The molecule has 0 saturated heterocycles. The summed E-state index contributed by atoms with van der Waals surface area (Å²) in [6.07, 6.45) is 8.86. The third-order valence-electron chi connectivity index (χ3n) is 2.52. The molecule has 2 nitrogen and oxygen atoms in total. The Bertz CT molecular complexity index is 106. The minimum absolute atomic E-state index is 0.350. The molecule has 0 saturated carbocycles. The molecule has 0 fully saturated rings. The fraction of sp³-hybridized carbons (Fsp3) is 1.00. The zero-order valence-electron chi connectivity index (χ0n) is 9.93. The van der Waals surface area contributed by atoms with Crippen LogP contribution in [-0.2, 0) is 4.74 Å². The SMILES string of the molecule is CCCCCCCC(N)CCOCC. The van der Waals surface area contributed by atoms with Crippen molar-refractivity contribution in [2.24, 2.45) is 5.73 Å². The fourth-order valence-electron chi connectivity index (χ4n) is 1.53. The van der Waals surface area contributed by atoms with E-state index in [0.29, 0.717) is 6.04 Å². The van der Waals surface area contributed by atoms with E-state index in [1.165, 1.54) is 32.1 Å². The van der Waals surface area contributed by atoms with E-state index in [1.807, 2.05) is 6.92 Å². The smallest absolute Gasteiger partial charge is 0.0480 e. The van der Waals surface area contributed by atoms with Crippen LogP contribution in [0.1, 0.15) is 58.8 Å². The van der Waals surface area contributed by atoms with E-state index < -0.39 is 0 Å². The third-order valence-corrected chi connectivity index (χ3v) is 2.52. The second-order valence-corrected chi connectivity index (χ2v) is 3.95. The second kappa shape index (κ2) is 11.0. The summed E-state index contributed by atoms with van der Waals surface area (Å²) in [5.41, 5.74) is 5.95. The van der Waals surface area contributed by atoms with E-state index in [1.54, 1.807) is 0 Å². The van der Waals surface area contributed by atoms with Gasteiger partial charge >= 0.3 is 0 Å². The number of hydrogen-bond acceptors (Lipinski definition) is 2. The highest BCUT2D eigenvalue weighted by atomic mass is 16.5. The first-order chi connectivity index (χ1) is 6.81. The minimum Gasteiger partial charge on any atom is -0.382 e. The van der Waals surface area contributed by atoms with Gasteiger partial charge in [0.05, 0.1) is 0 Å². The molecule has 0 rings (SSSR count). The van der Waals surface area contributed by atoms with Crippen LogP contribution in [-0.4, -0.2) is 19.3 Å². The van der Waals surface area contributed by atoms with E-state index in [4.69, 9.17) is 10.5 Å². The third kappa shape index (κ3) is 10.0. The molecule has 0 aromatic carbocycles. The Morgan fingerprint density at radius 1 is 1.00 bits per heavy atom. The van der Waals surface area contributed by atoms with Crippen LogP contribution in [0.4, 0.5) is 0 Å². The van der Waals surface area contributed by atoms with Crippen molar-refractivity contribution in [3.8, 4) is 0 Å². The predicted molar refractivity (Wildman–Crippen MR) is 62.5 cm³/mol. The van der Waals surface area contributed by atoms with Crippen LogP contribution in [0.15, 0.2) is 0 Å². The van der Waals surface area contributed by atoms with Crippen molar-refractivity contribution in [2.75, 3.05) is 13.2 Å². The Labute approximate surface area is 89.2 Å². The van der Waals surface area contributed by atoms with E-state index in [0.717, 1.165) is 26.1 Å². The highest BCUT2D eigenvalue weighted by molar-refractivity contribution is 4.60. The maximum atomic E-state index is 5.95. The molecule has 0 aliphatic carbocycles. The van der Waals surface area contributed by atoms with Crippen LogP contribution in [0.3, 0.4) is 0 Å². The largest absolute Gasteiger partial charge is 0.382 e. The Hall–Kier alpha value is -0.0800. The molecule has 2 N–H and O–H groups in total. The summed E-state index contributed by atoms with van der Waals surface area (Å²) in [4.78, 5) is 0. The molecule has 0 spiro atoms. The maximum absolute atomic E-state index is 5.95. The summed E-state index contributed by atoms with van der Waals surface area (Å²) < 4.78 is 5.27. The quantitative estimate of drug-likeness (QED) is 0.551. The van der Waals surface area contributed by atoms with E-state index in [-0.39, 0.29) is 0 Å². The van der Waals surface area contributed by atoms with Crippen molar-refractivity contribution in [1.82, 2.24) is 0 Å². The monoisotopic (exact) mass is 201 g/mol. The molecule has 86 valence electrons. The molecule has 1 atom stereocenters. The van der Waals surface area contributed by atoms with Gasteiger partial charge in [0, 0.05) is 19.3 Å². The topological polar surface area (TPSA) is 35.2 Å². The molecular formula is C12H27NO. The van der Waals surface area contributed by atoms with Gasteiger partial charge in [-0.1, -0.05) is 39.0 Å². The van der Waals surface area contributed by atoms with Gasteiger partial charge in [-0.25, -0.2) is 0 Å². The normalized spacial score (nSPS) is 13.1. The molecular weight excluding hydrogens is 174 g/mol. The second-order valence-electron chi connectivity index (χ2n) is 3.95. The van der Waals surface area contributed by atoms with Gasteiger partial charge in [-0.15, -0.1) is 0 Å². The van der Waals surface area contributed by atoms with Gasteiger partial charge in [0.2, 0.25) is 0 Å². The van der Waals surface area contributed by atoms with Gasteiger partial charge in [0.25, 0.3) is 0 Å². The Morgan fingerprint density at radius 2 is 1.71 bits per heavy atom. The summed E-state index contributed by atoms with van der Waals surface area (Å²) in [6.45, 7) is 5.90. The van der Waals surface area contributed by atoms with Crippen LogP contribution in [0.25, 0.3) is 0 Å². The van der Waals surface area contributed by atoms with Crippen molar-refractivity contribution >= 4 is 0 Å². The molecule has 0 heterocycles. The van der Waals surface area contributed by atoms with E-state index >= 15 is 0 Å². The molecule has 0 radical (unpaired) electrons. The van der Waals surface area contributed by atoms with Crippen molar-refractivity contribution < 1.29 is 4.74 Å². The first-order valence-corrected chi connectivity index (χ1v) is 6.14. The van der Waals surface area contributed by atoms with Crippen LogP contribution in [0.2, 0.25) is 0 Å². The molecule has 1 unspecified atom stereocenters. The van der Waals surface area contributed by atoms with Gasteiger partial charge in [0.1, 0.15) is 0 Å². The number of ether oxygens (including phenoxy) is 1. The summed E-state index contributed by atoms with van der Waals surface area (Å²) >= 11 is 0. The van der Waals surface area contributed by atoms with Crippen LogP contribution >= 0.6 is 0 Å². The standard InChI is InChI=1S/C12H27NO/c1-3-5-6-7-8-9-12(13)10-11-14-4-2/h12H,3-11,13H2,1-2H3. The molecule has 0 aromatic heterocycles. The van der Waals surface area contributed by atoms with Crippen molar-refractivity contribution in [1.29, 1.82) is 0 Å². The number of unbranched alkanes of at least 4 members (excludes halogenated alkanes) is 4. The number of nitrogens with two attached hydrogens (primary N) is 1. The molecule has 0 aliphatic heterocycles. The first kappa shape index (κ1) is 13.9. The van der Waals surface area contributed by atoms with E-state index in [9.17, 15) is 0 Å². The number of rotatable bonds is 10. The van der Waals surface area contributed by atoms with Crippen LogP contribution in [0, 0.1) is 0 Å². The lowest BCUT2D eigenvalue weighted by molar-refractivity contribution is 0.139. The van der Waals surface area contributed by atoms with Gasteiger partial charge in [0.15, 0.2) is 0 Å². The van der Waals surface area contributed by atoms with Gasteiger partial charge in [-0.3, -0.25) is 0 Å². The van der Waals surface area contributed by atoms with Crippen LogP contribution in [0.5, 0.6) is 0 Å². The highest BCUT2D eigenvalue weighted by Crippen LogP contribution is 2.07. The van der Waals surface area contributed by atoms with Crippen molar-refractivity contribution in [3.63, 3.8) is 0 Å². The summed E-state index contributed by atoms with van der Waals surface area (Å²) in [7, 11) is 0. The minimum atomic E-state index is 0.350. The lowest BCUT2D eigenvalue weighted by Crippen LogP contribution is -2.21. The first-order valence-electron chi connectivity index (χ1n) is 6.14. The molecule has 2 heteroatoms. The van der Waals surface area contributed by atoms with Crippen LogP contribution < -0.4 is 5.73 Å². The zero-order valence-corrected chi connectivity index (χ0v) is 9.93. The molecule has 0 aromatic rings. The van der Waals surface area contributed by atoms with Crippen molar-refractivity contribution in [2.45, 2.75) is 64.8 Å². The van der Waals surface area contributed by atoms with Gasteiger partial charge in [-0.2, -0.15) is 0 Å². The molecule has 0 amide bonds. The summed E-state index contributed by atoms with van der Waals surface area (Å²) in [6, 6.07) is 0.350. The highest BCUT2D eigenvalue weighted by Gasteiger charge is 2.01. The fourth-order valence-corrected chi connectivity index (χ4v) is 1.53. The summed E-state index contributed by atoms with van der Waals surface area (Å²) in [5, 5.41) is 0. The predicted octanol–water partition coefficient (Wildman–Crippen LogP) is 3.10. The summed E-state index contributed by atoms with van der Waals surface area (Å²) in [5.74, 6) is 0. The van der Waals surface area contributed by atoms with Gasteiger partial charge < -0.3 is 10.5 Å². The Morgan fingerprint density at radius 3 is 2.36 bits per heavy atom. The van der Waals surface area contributed by atoms with E-state index in [2.05, 4.69) is 6.92 Å². The lowest BCUT2D eigenvalue weighted by Gasteiger charge is -2.10. The number of hydrogen-bond donors (Lipinski definition) is 1. The maximum Gasteiger partial charge on any atom is 0.0480 e. The zero-order chi connectivity index (χ0) is 10.6. The molecule has 0 aliphatic rings.